The zero-order valence-corrected chi connectivity index (χ0v) is 6.96. The van der Waals surface area contributed by atoms with Gasteiger partial charge in [-0.15, -0.1) is 0 Å². The summed E-state index contributed by atoms with van der Waals surface area (Å²) in [5.74, 6) is 0. The van der Waals surface area contributed by atoms with E-state index in [1.807, 2.05) is 0 Å². The molecule has 5 heteroatoms. The van der Waals surface area contributed by atoms with E-state index in [4.69, 9.17) is 5.11 Å². The Kier molecular flexibility index (Phi) is 3.72. The number of para-hydroxylation sites is 1. The molecule has 0 aliphatic carbocycles. The van der Waals surface area contributed by atoms with Gasteiger partial charge in [-0.1, -0.05) is 18.2 Å². The number of nitrogens with zero attached hydrogens (tertiary/aromatic N) is 2. The molecule has 0 aliphatic heterocycles. The first-order chi connectivity index (χ1) is 6.34. The highest BCUT2D eigenvalue weighted by atomic mass is 16.7. The van der Waals surface area contributed by atoms with Crippen LogP contribution in [0.25, 0.3) is 0 Å². The van der Waals surface area contributed by atoms with Crippen LogP contribution in [-0.2, 0) is 4.84 Å². The van der Waals surface area contributed by atoms with Crippen molar-refractivity contribution >= 4 is 5.69 Å². The molecule has 1 rings (SSSR count). The van der Waals surface area contributed by atoms with Gasteiger partial charge in [-0.05, 0) is 4.86 Å². The molecule has 13 heavy (non-hydrogen) atoms. The molecular weight excluding hydrogens is 172 g/mol. The van der Waals surface area contributed by atoms with Gasteiger partial charge in [-0.25, -0.2) is 0 Å². The van der Waals surface area contributed by atoms with Crippen LogP contribution in [0.1, 0.15) is 0 Å². The fourth-order valence-corrected chi connectivity index (χ4v) is 0.737. The molecule has 0 spiro atoms. The average Bonchev–Trinajstić information content (AvgIpc) is 2.19. The Morgan fingerprint density at radius 3 is 2.69 bits per heavy atom. The monoisotopic (exact) mass is 182 g/mol. The molecule has 0 bridgehead atoms. The van der Waals surface area contributed by atoms with Gasteiger partial charge in [-0.3, -0.25) is 0 Å². The van der Waals surface area contributed by atoms with Crippen LogP contribution in [0.5, 0.6) is 0 Å². The minimum atomic E-state index is -0.161. The van der Waals surface area contributed by atoms with Crippen molar-refractivity contribution in [1.82, 2.24) is 0 Å². The highest BCUT2D eigenvalue weighted by Crippen LogP contribution is 2.09. The van der Waals surface area contributed by atoms with E-state index >= 15 is 0 Å². The molecule has 1 aromatic rings. The number of hydrogen-bond acceptors (Lipinski definition) is 4. The van der Waals surface area contributed by atoms with Crippen LogP contribution in [-0.4, -0.2) is 23.2 Å². The highest BCUT2D eigenvalue weighted by molar-refractivity contribution is 5.27. The summed E-state index contributed by atoms with van der Waals surface area (Å²) >= 11 is 0. The van der Waals surface area contributed by atoms with Crippen molar-refractivity contribution in [3.8, 4) is 0 Å². The minimum Gasteiger partial charge on any atom is -0.592 e. The fraction of sp³-hybridized carbons (Fsp3) is 0.250. The van der Waals surface area contributed by atoms with Gasteiger partial charge in [0.05, 0.1) is 6.61 Å². The standard InChI is InChI=1S/C8H10N2O3/c11-6-7-13-9-10(12)8-4-2-1-3-5-8/h1-5,11H,6-7H2/b10-9-. The lowest BCUT2D eigenvalue weighted by Gasteiger charge is -1.97. The van der Waals surface area contributed by atoms with E-state index in [1.165, 1.54) is 0 Å². The maximum atomic E-state index is 11.1. The zero-order valence-electron chi connectivity index (χ0n) is 6.96. The summed E-state index contributed by atoms with van der Waals surface area (Å²) in [7, 11) is 0. The lowest BCUT2D eigenvalue weighted by Crippen LogP contribution is -1.97. The van der Waals surface area contributed by atoms with E-state index in [2.05, 4.69) is 10.1 Å². The molecule has 1 aromatic carbocycles. The molecule has 0 heterocycles. The number of benzene rings is 1. The summed E-state index contributed by atoms with van der Waals surface area (Å²) < 4.78 is 0. The van der Waals surface area contributed by atoms with Gasteiger partial charge in [0.15, 0.2) is 0 Å². The Bertz CT molecular complexity index is 274. The molecule has 0 saturated heterocycles. The average molecular weight is 182 g/mol. The molecular formula is C8H10N2O3. The summed E-state index contributed by atoms with van der Waals surface area (Å²) in [6.45, 7) is -0.141. The first-order valence-corrected chi connectivity index (χ1v) is 3.80. The Morgan fingerprint density at radius 2 is 2.08 bits per heavy atom. The van der Waals surface area contributed by atoms with Gasteiger partial charge in [-0.2, -0.15) is 0 Å². The molecule has 0 radical (unpaired) electrons. The zero-order chi connectivity index (χ0) is 9.52. The first-order valence-electron chi connectivity index (χ1n) is 3.80. The van der Waals surface area contributed by atoms with Crippen LogP contribution in [0.4, 0.5) is 5.69 Å². The van der Waals surface area contributed by atoms with Crippen molar-refractivity contribution in [3.63, 3.8) is 0 Å². The lowest BCUT2D eigenvalue weighted by atomic mass is 10.3. The molecule has 1 N–H and O–H groups in total. The molecule has 0 aromatic heterocycles. The second-order valence-electron chi connectivity index (χ2n) is 2.25. The smallest absolute Gasteiger partial charge is 0.248 e. The Labute approximate surface area is 75.4 Å². The van der Waals surface area contributed by atoms with Crippen LogP contribution in [0, 0.1) is 5.21 Å². The van der Waals surface area contributed by atoms with Crippen molar-refractivity contribution in [1.29, 1.82) is 0 Å². The predicted molar refractivity (Wildman–Crippen MR) is 45.2 cm³/mol. The Hall–Kier alpha value is -1.62. The second-order valence-corrected chi connectivity index (χ2v) is 2.25. The third-order valence-electron chi connectivity index (χ3n) is 1.29. The summed E-state index contributed by atoms with van der Waals surface area (Å²) in [5, 5.41) is 22.6. The van der Waals surface area contributed by atoms with E-state index in [1.54, 1.807) is 30.3 Å². The van der Waals surface area contributed by atoms with Crippen molar-refractivity contribution in [3.05, 3.63) is 35.5 Å². The molecule has 0 unspecified atom stereocenters. The van der Waals surface area contributed by atoms with Gasteiger partial charge in [0.25, 0.3) is 0 Å². The van der Waals surface area contributed by atoms with Crippen molar-refractivity contribution in [2.45, 2.75) is 0 Å². The minimum absolute atomic E-state index is 0.0194. The van der Waals surface area contributed by atoms with Gasteiger partial charge < -0.3 is 15.2 Å². The molecule has 0 aliphatic rings. The topological polar surface area (TPSA) is 67.9 Å². The van der Waals surface area contributed by atoms with Gasteiger partial charge in [0.2, 0.25) is 11.0 Å². The SMILES string of the molecule is [O-]/[N+](=N\OCCO)c1ccccc1. The quantitative estimate of drug-likeness (QED) is 0.329. The fourth-order valence-electron chi connectivity index (χ4n) is 0.737. The largest absolute Gasteiger partial charge is 0.592 e. The van der Waals surface area contributed by atoms with Crippen LogP contribution in [0.15, 0.2) is 35.6 Å². The molecule has 0 amide bonds. The second kappa shape index (κ2) is 5.10. The molecule has 70 valence electrons. The van der Waals surface area contributed by atoms with Gasteiger partial charge in [0.1, 0.15) is 6.61 Å². The predicted octanol–water partition coefficient (Wildman–Crippen LogP) is 1.20. The molecule has 5 nitrogen and oxygen atoms in total. The number of aliphatic hydroxyl groups excluding tert-OH is 1. The third-order valence-corrected chi connectivity index (χ3v) is 1.29. The van der Waals surface area contributed by atoms with E-state index < -0.39 is 0 Å². The van der Waals surface area contributed by atoms with Crippen LogP contribution >= 0.6 is 0 Å². The Morgan fingerprint density at radius 1 is 1.38 bits per heavy atom. The Balaban J connectivity index is 2.57. The number of aliphatic hydroxyl groups is 1. The maximum Gasteiger partial charge on any atom is 0.248 e. The van der Waals surface area contributed by atoms with E-state index in [0.29, 0.717) is 10.5 Å². The summed E-state index contributed by atoms with van der Waals surface area (Å²) in [4.78, 5) is 4.84. The number of hydrogen-bond donors (Lipinski definition) is 1. The van der Waals surface area contributed by atoms with Crippen LogP contribution in [0.2, 0.25) is 0 Å². The molecule has 0 saturated carbocycles. The van der Waals surface area contributed by atoms with Crippen molar-refractivity contribution in [2.75, 3.05) is 13.2 Å². The van der Waals surface area contributed by atoms with Crippen LogP contribution in [0.3, 0.4) is 0 Å². The first kappa shape index (κ1) is 9.47. The van der Waals surface area contributed by atoms with E-state index in [0.717, 1.165) is 0 Å². The van der Waals surface area contributed by atoms with E-state index in [-0.39, 0.29) is 13.2 Å². The molecule has 0 atom stereocenters. The van der Waals surface area contributed by atoms with Crippen LogP contribution < -0.4 is 0 Å². The van der Waals surface area contributed by atoms with Gasteiger partial charge >= 0.3 is 0 Å². The number of rotatable bonds is 4. The van der Waals surface area contributed by atoms with E-state index in [9.17, 15) is 5.21 Å². The van der Waals surface area contributed by atoms with Gasteiger partial charge in [0, 0.05) is 12.1 Å². The summed E-state index contributed by atoms with van der Waals surface area (Å²) in [6.07, 6.45) is 0. The lowest BCUT2D eigenvalue weighted by molar-refractivity contribution is -0.479. The maximum absolute atomic E-state index is 11.1. The third kappa shape index (κ3) is 3.08. The van der Waals surface area contributed by atoms with Crippen molar-refractivity contribution < 1.29 is 14.8 Å². The normalized spacial score (nSPS) is 11.3. The van der Waals surface area contributed by atoms with Crippen molar-refractivity contribution in [2.24, 2.45) is 5.28 Å². The summed E-state index contributed by atoms with van der Waals surface area (Å²) in [6, 6.07) is 8.47. The highest BCUT2D eigenvalue weighted by Gasteiger charge is 2.00. The molecule has 0 fully saturated rings. The summed E-state index contributed by atoms with van der Waals surface area (Å²) in [5.41, 5.74) is 0.389.